The van der Waals surface area contributed by atoms with Crippen molar-refractivity contribution in [3.05, 3.63) is 23.7 Å². The molecule has 0 spiro atoms. The molecule has 0 aliphatic heterocycles. The van der Waals surface area contributed by atoms with E-state index >= 15 is 0 Å². The Morgan fingerprint density at radius 3 is 2.90 bits per heavy atom. The Kier molecular flexibility index (Phi) is 9.00. The molecule has 0 aromatic rings. The molecule has 0 saturated carbocycles. The molecule has 0 fully saturated rings. The van der Waals surface area contributed by atoms with Crippen LogP contribution < -0.4 is 0 Å². The topological polar surface area (TPSA) is 0 Å². The van der Waals surface area contributed by atoms with Crippen molar-refractivity contribution >= 4 is 15.0 Å². The van der Waals surface area contributed by atoms with Crippen molar-refractivity contribution in [2.45, 2.75) is 31.5 Å². The number of hydrogen-bond donors (Lipinski definition) is 0. The minimum absolute atomic E-state index is 0.749. The van der Waals surface area contributed by atoms with Gasteiger partial charge in [0.15, 0.2) is 0 Å². The van der Waals surface area contributed by atoms with Crippen molar-refractivity contribution in [2.75, 3.05) is 0 Å². The van der Waals surface area contributed by atoms with Crippen molar-refractivity contribution in [3.63, 3.8) is 0 Å². The monoisotopic (exact) mass is 204 g/mol. The van der Waals surface area contributed by atoms with Gasteiger partial charge in [-0.15, -0.1) is 0 Å². The zero-order chi connectivity index (χ0) is 7.66. The standard InChI is InChI=1S/C9H16Se/c1-3-5-7-9-10-8-6-4-2/h3,7,9H,1,4-6,8H2,2H3/b9-7+. The van der Waals surface area contributed by atoms with Gasteiger partial charge in [-0.05, 0) is 0 Å². The van der Waals surface area contributed by atoms with E-state index in [1.165, 1.54) is 18.2 Å². The molecule has 0 bridgehead atoms. The van der Waals surface area contributed by atoms with E-state index < -0.39 is 0 Å². The van der Waals surface area contributed by atoms with E-state index in [2.05, 4.69) is 24.6 Å². The van der Waals surface area contributed by atoms with E-state index in [0.29, 0.717) is 0 Å². The molecular weight excluding hydrogens is 187 g/mol. The average Bonchev–Trinajstić information content (AvgIpc) is 1.97. The van der Waals surface area contributed by atoms with E-state index in [0.717, 1.165) is 21.4 Å². The van der Waals surface area contributed by atoms with Crippen molar-refractivity contribution < 1.29 is 0 Å². The Labute approximate surface area is 70.6 Å². The fourth-order valence-electron chi connectivity index (χ4n) is 0.516. The second-order valence-corrected chi connectivity index (χ2v) is 4.25. The van der Waals surface area contributed by atoms with E-state index in [4.69, 9.17) is 0 Å². The summed E-state index contributed by atoms with van der Waals surface area (Å²) in [6.07, 6.45) is 7.90. The second-order valence-electron chi connectivity index (χ2n) is 2.12. The van der Waals surface area contributed by atoms with Crippen LogP contribution in [-0.2, 0) is 0 Å². The van der Waals surface area contributed by atoms with Gasteiger partial charge in [0, 0.05) is 0 Å². The molecule has 0 amide bonds. The molecule has 1 heteroatoms. The van der Waals surface area contributed by atoms with Crippen LogP contribution in [0.2, 0.25) is 5.32 Å². The Hall–Kier alpha value is -0.000519. The summed E-state index contributed by atoms with van der Waals surface area (Å²) in [7, 11) is 0. The van der Waals surface area contributed by atoms with E-state index in [1.54, 1.807) is 0 Å². The molecule has 0 heterocycles. The number of rotatable bonds is 6. The number of hydrogen-bond acceptors (Lipinski definition) is 0. The third kappa shape index (κ3) is 8.00. The van der Waals surface area contributed by atoms with Crippen LogP contribution in [0.4, 0.5) is 0 Å². The summed E-state index contributed by atoms with van der Waals surface area (Å²) in [5, 5.41) is 1.40. The van der Waals surface area contributed by atoms with Gasteiger partial charge >= 0.3 is 70.2 Å². The van der Waals surface area contributed by atoms with Crippen LogP contribution in [0.3, 0.4) is 0 Å². The molecule has 58 valence electrons. The zero-order valence-electron chi connectivity index (χ0n) is 6.68. The van der Waals surface area contributed by atoms with Crippen LogP contribution >= 0.6 is 0 Å². The summed E-state index contributed by atoms with van der Waals surface area (Å²) >= 11 is 0.749. The van der Waals surface area contributed by atoms with Crippen molar-refractivity contribution in [1.29, 1.82) is 0 Å². The van der Waals surface area contributed by atoms with Gasteiger partial charge < -0.3 is 0 Å². The van der Waals surface area contributed by atoms with Gasteiger partial charge in [-0.25, -0.2) is 0 Å². The normalized spacial score (nSPS) is 10.5. The molecule has 10 heavy (non-hydrogen) atoms. The average molecular weight is 203 g/mol. The molecule has 0 N–H and O–H groups in total. The maximum absolute atomic E-state index is 3.65. The van der Waals surface area contributed by atoms with Crippen LogP contribution in [0.25, 0.3) is 0 Å². The fourth-order valence-corrected chi connectivity index (χ4v) is 2.28. The summed E-state index contributed by atoms with van der Waals surface area (Å²) < 4.78 is 0. The number of allylic oxidation sites excluding steroid dienone is 2. The SMILES string of the molecule is C=CC/C=C/[Se]CCCC. The molecule has 0 radical (unpaired) electrons. The van der Waals surface area contributed by atoms with Crippen LogP contribution in [0.1, 0.15) is 26.2 Å². The van der Waals surface area contributed by atoms with Gasteiger partial charge in [0.1, 0.15) is 0 Å². The molecule has 0 rings (SSSR count). The molecule has 0 aliphatic rings. The number of unbranched alkanes of at least 4 members (excludes halogenated alkanes) is 1. The molecule has 0 saturated heterocycles. The minimum atomic E-state index is 0.749. The molecular formula is C9H16Se. The van der Waals surface area contributed by atoms with Gasteiger partial charge in [-0.2, -0.15) is 0 Å². The first kappa shape index (κ1) is 10.00. The Morgan fingerprint density at radius 2 is 2.30 bits per heavy atom. The summed E-state index contributed by atoms with van der Waals surface area (Å²) in [4.78, 5) is 2.31. The van der Waals surface area contributed by atoms with Crippen LogP contribution in [0.15, 0.2) is 23.7 Å². The van der Waals surface area contributed by atoms with Gasteiger partial charge in [0.05, 0.1) is 0 Å². The van der Waals surface area contributed by atoms with Crippen LogP contribution in [-0.4, -0.2) is 15.0 Å². The first-order valence-electron chi connectivity index (χ1n) is 3.79. The summed E-state index contributed by atoms with van der Waals surface area (Å²) in [6, 6.07) is 0. The fraction of sp³-hybridized carbons (Fsp3) is 0.556. The molecule has 0 nitrogen and oxygen atoms in total. The molecule has 0 aliphatic carbocycles. The molecule has 0 unspecified atom stereocenters. The predicted molar refractivity (Wildman–Crippen MR) is 49.4 cm³/mol. The van der Waals surface area contributed by atoms with Crippen LogP contribution in [0.5, 0.6) is 0 Å². The first-order valence-corrected chi connectivity index (χ1v) is 5.99. The quantitative estimate of drug-likeness (QED) is 0.353. The van der Waals surface area contributed by atoms with Crippen LogP contribution in [0, 0.1) is 0 Å². The summed E-state index contributed by atoms with van der Waals surface area (Å²) in [5.41, 5.74) is 0. The van der Waals surface area contributed by atoms with Gasteiger partial charge in [-0.1, -0.05) is 0 Å². The van der Waals surface area contributed by atoms with Gasteiger partial charge in [-0.3, -0.25) is 0 Å². The molecule has 0 aromatic carbocycles. The van der Waals surface area contributed by atoms with Crippen molar-refractivity contribution in [2.24, 2.45) is 0 Å². The first-order chi connectivity index (χ1) is 4.91. The molecule has 0 aromatic heterocycles. The van der Waals surface area contributed by atoms with E-state index in [-0.39, 0.29) is 0 Å². The summed E-state index contributed by atoms with van der Waals surface area (Å²) in [5.74, 6) is 0. The van der Waals surface area contributed by atoms with E-state index in [9.17, 15) is 0 Å². The maximum atomic E-state index is 3.65. The molecule has 0 atom stereocenters. The third-order valence-corrected chi connectivity index (χ3v) is 3.02. The zero-order valence-corrected chi connectivity index (χ0v) is 8.39. The van der Waals surface area contributed by atoms with Crippen molar-refractivity contribution in [3.8, 4) is 0 Å². The third-order valence-electron chi connectivity index (χ3n) is 1.11. The predicted octanol–water partition coefficient (Wildman–Crippen LogP) is 3.00. The Morgan fingerprint density at radius 1 is 1.50 bits per heavy atom. The summed E-state index contributed by atoms with van der Waals surface area (Å²) in [6.45, 7) is 5.89. The second kappa shape index (κ2) is 9.00. The van der Waals surface area contributed by atoms with Gasteiger partial charge in [0.2, 0.25) is 0 Å². The Balaban J connectivity index is 2.94. The van der Waals surface area contributed by atoms with Gasteiger partial charge in [0.25, 0.3) is 0 Å². The van der Waals surface area contributed by atoms with E-state index in [1.807, 2.05) is 6.08 Å². The van der Waals surface area contributed by atoms with Crippen molar-refractivity contribution in [1.82, 2.24) is 0 Å². The Bertz CT molecular complexity index is 94.9.